The van der Waals surface area contributed by atoms with Gasteiger partial charge >= 0.3 is 5.97 Å². The van der Waals surface area contributed by atoms with Crippen LogP contribution in [0.2, 0.25) is 0 Å². The number of anilines is 1. The van der Waals surface area contributed by atoms with E-state index in [1.165, 1.54) is 26.4 Å². The highest BCUT2D eigenvalue weighted by Crippen LogP contribution is 2.37. The van der Waals surface area contributed by atoms with Gasteiger partial charge in [-0.15, -0.1) is 0 Å². The van der Waals surface area contributed by atoms with Crippen LogP contribution >= 0.6 is 0 Å². The minimum atomic E-state index is -1.04. The molecule has 6 heteroatoms. The lowest BCUT2D eigenvalue weighted by molar-refractivity contribution is 0.0696. The fourth-order valence-corrected chi connectivity index (χ4v) is 2.53. The van der Waals surface area contributed by atoms with Gasteiger partial charge in [0.2, 0.25) is 0 Å². The summed E-state index contributed by atoms with van der Waals surface area (Å²) in [5.41, 5.74) is 1.44. The quantitative estimate of drug-likeness (QED) is 0.717. The number of nitrogens with one attached hydrogen (secondary N) is 1. The molecule has 0 aliphatic rings. The molecular weight excluding hydrogens is 310 g/mol. The molecule has 0 spiro atoms. The highest BCUT2D eigenvalue weighted by molar-refractivity contribution is 5.91. The Hall–Kier alpha value is -3.15. The maximum atomic E-state index is 11.3. The zero-order valence-corrected chi connectivity index (χ0v) is 13.3. The largest absolute Gasteiger partial charge is 0.493 e. The molecular formula is C18H17NO5. The fourth-order valence-electron chi connectivity index (χ4n) is 2.53. The van der Waals surface area contributed by atoms with Crippen LogP contribution in [0.1, 0.15) is 16.1 Å². The molecule has 2 aromatic carbocycles. The van der Waals surface area contributed by atoms with Crippen LogP contribution in [0.4, 0.5) is 5.69 Å². The number of ether oxygens (including phenoxy) is 2. The Bertz CT molecular complexity index is 851. The van der Waals surface area contributed by atoms with Gasteiger partial charge in [0.05, 0.1) is 32.0 Å². The maximum absolute atomic E-state index is 11.3. The van der Waals surface area contributed by atoms with Gasteiger partial charge in [0.25, 0.3) is 0 Å². The molecule has 0 aliphatic heterocycles. The van der Waals surface area contributed by atoms with Gasteiger partial charge in [-0.25, -0.2) is 4.79 Å². The number of fused-ring (bicyclic) bond motifs is 1. The molecule has 2 N–H and O–H groups in total. The first-order chi connectivity index (χ1) is 11.6. The van der Waals surface area contributed by atoms with E-state index in [1.807, 2.05) is 30.3 Å². The Balaban J connectivity index is 1.90. The van der Waals surface area contributed by atoms with E-state index in [1.54, 1.807) is 0 Å². The zero-order valence-electron chi connectivity index (χ0n) is 13.3. The predicted molar refractivity (Wildman–Crippen MR) is 90.0 cm³/mol. The highest BCUT2D eigenvalue weighted by Gasteiger charge is 2.16. The van der Waals surface area contributed by atoms with E-state index >= 15 is 0 Å². The van der Waals surface area contributed by atoms with E-state index in [9.17, 15) is 9.90 Å². The van der Waals surface area contributed by atoms with Crippen molar-refractivity contribution in [1.82, 2.24) is 0 Å². The summed E-state index contributed by atoms with van der Waals surface area (Å²) in [7, 11) is 2.97. The van der Waals surface area contributed by atoms with Gasteiger partial charge in [-0.3, -0.25) is 0 Å². The topological polar surface area (TPSA) is 80.9 Å². The standard InChI is InChI=1S/C18H17NO5/c1-22-16-9-12(18(20)21)8-14(17(16)23-2)19-10-13-7-11-5-3-4-6-15(11)24-13/h3-9,19H,10H2,1-2H3,(H,20,21). The van der Waals surface area contributed by atoms with E-state index in [0.717, 1.165) is 16.7 Å². The van der Waals surface area contributed by atoms with Gasteiger partial charge in [-0.05, 0) is 24.3 Å². The van der Waals surface area contributed by atoms with Gasteiger partial charge in [0.15, 0.2) is 11.5 Å². The number of furan rings is 1. The molecule has 124 valence electrons. The fraction of sp³-hybridized carbons (Fsp3) is 0.167. The van der Waals surface area contributed by atoms with Crippen LogP contribution in [0.3, 0.4) is 0 Å². The summed E-state index contributed by atoms with van der Waals surface area (Å²) in [4.78, 5) is 11.3. The van der Waals surface area contributed by atoms with E-state index in [0.29, 0.717) is 23.7 Å². The Morgan fingerprint density at radius 3 is 2.62 bits per heavy atom. The van der Waals surface area contributed by atoms with Crippen LogP contribution in [0, 0.1) is 0 Å². The Morgan fingerprint density at radius 1 is 1.17 bits per heavy atom. The number of carbonyl (C=O) groups is 1. The monoisotopic (exact) mass is 327 g/mol. The SMILES string of the molecule is COc1cc(C(=O)O)cc(NCc2cc3ccccc3o2)c1OC. The smallest absolute Gasteiger partial charge is 0.335 e. The molecule has 6 nitrogen and oxygen atoms in total. The summed E-state index contributed by atoms with van der Waals surface area (Å²) in [6.45, 7) is 0.386. The van der Waals surface area contributed by atoms with E-state index < -0.39 is 5.97 Å². The maximum Gasteiger partial charge on any atom is 0.335 e. The minimum absolute atomic E-state index is 0.111. The van der Waals surface area contributed by atoms with Crippen LogP contribution in [0.5, 0.6) is 11.5 Å². The van der Waals surface area contributed by atoms with Crippen molar-refractivity contribution < 1.29 is 23.8 Å². The van der Waals surface area contributed by atoms with Gasteiger partial charge in [-0.1, -0.05) is 18.2 Å². The van der Waals surface area contributed by atoms with Crippen LogP contribution in [0.15, 0.2) is 46.9 Å². The lowest BCUT2D eigenvalue weighted by Gasteiger charge is -2.15. The molecule has 0 fully saturated rings. The van der Waals surface area contributed by atoms with Crippen molar-refractivity contribution in [3.05, 3.63) is 53.8 Å². The van der Waals surface area contributed by atoms with E-state index in [2.05, 4.69) is 5.32 Å². The van der Waals surface area contributed by atoms with Crippen LogP contribution in [0.25, 0.3) is 11.0 Å². The summed E-state index contributed by atoms with van der Waals surface area (Å²) in [5, 5.41) is 13.4. The average Bonchev–Trinajstić information content (AvgIpc) is 3.01. The molecule has 1 aromatic heterocycles. The average molecular weight is 327 g/mol. The van der Waals surface area contributed by atoms with Crippen molar-refractivity contribution >= 4 is 22.6 Å². The highest BCUT2D eigenvalue weighted by atomic mass is 16.5. The lowest BCUT2D eigenvalue weighted by atomic mass is 10.1. The molecule has 0 amide bonds. The number of hydrogen-bond donors (Lipinski definition) is 2. The molecule has 0 aliphatic carbocycles. The van der Waals surface area contributed by atoms with Gasteiger partial charge in [0, 0.05) is 5.39 Å². The second-order valence-electron chi connectivity index (χ2n) is 5.17. The van der Waals surface area contributed by atoms with E-state index in [-0.39, 0.29) is 5.56 Å². The number of rotatable bonds is 6. The van der Waals surface area contributed by atoms with Crippen molar-refractivity contribution in [3.63, 3.8) is 0 Å². The first kappa shape index (κ1) is 15.7. The van der Waals surface area contributed by atoms with Gasteiger partial charge in [0.1, 0.15) is 11.3 Å². The summed E-state index contributed by atoms with van der Waals surface area (Å²) >= 11 is 0. The number of methoxy groups -OCH3 is 2. The van der Waals surface area contributed by atoms with Gasteiger partial charge in [-0.2, -0.15) is 0 Å². The normalized spacial score (nSPS) is 10.6. The zero-order chi connectivity index (χ0) is 17.1. The van der Waals surface area contributed by atoms with Crippen LogP contribution in [-0.4, -0.2) is 25.3 Å². The van der Waals surface area contributed by atoms with Crippen molar-refractivity contribution in [2.45, 2.75) is 6.54 Å². The first-order valence-electron chi connectivity index (χ1n) is 7.33. The third-order valence-corrected chi connectivity index (χ3v) is 3.66. The molecule has 0 unspecified atom stereocenters. The molecule has 1 heterocycles. The number of para-hydroxylation sites is 1. The van der Waals surface area contributed by atoms with Crippen molar-refractivity contribution in [1.29, 1.82) is 0 Å². The third kappa shape index (κ3) is 2.99. The second kappa shape index (κ2) is 6.54. The first-order valence-corrected chi connectivity index (χ1v) is 7.33. The number of aromatic carboxylic acids is 1. The Labute approximate surface area is 138 Å². The van der Waals surface area contributed by atoms with Crippen molar-refractivity contribution in [2.24, 2.45) is 0 Å². The van der Waals surface area contributed by atoms with Gasteiger partial charge < -0.3 is 24.3 Å². The summed E-state index contributed by atoms with van der Waals surface area (Å²) in [6.07, 6.45) is 0. The molecule has 0 saturated carbocycles. The predicted octanol–water partition coefficient (Wildman–Crippen LogP) is 3.76. The Morgan fingerprint density at radius 2 is 1.96 bits per heavy atom. The molecule has 0 bridgehead atoms. The molecule has 0 atom stereocenters. The molecule has 3 aromatic rings. The number of carboxylic acids is 1. The molecule has 0 saturated heterocycles. The lowest BCUT2D eigenvalue weighted by Crippen LogP contribution is -2.05. The summed E-state index contributed by atoms with van der Waals surface area (Å²) < 4.78 is 16.3. The number of carboxylic acid groups (broad SMARTS) is 1. The van der Waals surface area contributed by atoms with E-state index in [4.69, 9.17) is 13.9 Å². The Kier molecular flexibility index (Phi) is 4.29. The molecule has 0 radical (unpaired) electrons. The summed E-state index contributed by atoms with van der Waals surface area (Å²) in [5.74, 6) is 0.490. The van der Waals surface area contributed by atoms with Crippen LogP contribution in [-0.2, 0) is 6.54 Å². The molecule has 24 heavy (non-hydrogen) atoms. The van der Waals surface area contributed by atoms with Crippen molar-refractivity contribution in [2.75, 3.05) is 19.5 Å². The number of benzene rings is 2. The molecule has 3 rings (SSSR count). The second-order valence-corrected chi connectivity index (χ2v) is 5.17. The summed E-state index contributed by atoms with van der Waals surface area (Å²) in [6, 6.07) is 12.6. The van der Waals surface area contributed by atoms with Crippen LogP contribution < -0.4 is 14.8 Å². The minimum Gasteiger partial charge on any atom is -0.493 e. The van der Waals surface area contributed by atoms with Crippen molar-refractivity contribution in [3.8, 4) is 11.5 Å². The third-order valence-electron chi connectivity index (χ3n) is 3.66. The number of hydrogen-bond acceptors (Lipinski definition) is 5.